The Kier molecular flexibility index (Phi) is 5.60. The van der Waals surface area contributed by atoms with Crippen molar-refractivity contribution in [3.8, 4) is 11.5 Å². The van der Waals surface area contributed by atoms with Crippen LogP contribution in [-0.4, -0.2) is 36.7 Å². The molecule has 1 aromatic carbocycles. The molecular formula is C12H15ClN2O5. The summed E-state index contributed by atoms with van der Waals surface area (Å²) in [5.74, 6) is -1.33. The molecule has 0 radical (unpaired) electrons. The van der Waals surface area contributed by atoms with E-state index < -0.39 is 17.9 Å². The van der Waals surface area contributed by atoms with Gasteiger partial charge in [0.1, 0.15) is 6.04 Å². The molecule has 110 valence electrons. The summed E-state index contributed by atoms with van der Waals surface area (Å²) in [5, 5.41) is 8.95. The fourth-order valence-electron chi connectivity index (χ4n) is 1.52. The van der Waals surface area contributed by atoms with Crippen LogP contribution in [0.1, 0.15) is 5.56 Å². The van der Waals surface area contributed by atoms with Gasteiger partial charge in [0.05, 0.1) is 12.1 Å². The van der Waals surface area contributed by atoms with Crippen molar-refractivity contribution < 1.29 is 24.2 Å². The summed E-state index contributed by atoms with van der Waals surface area (Å²) >= 11 is 6.01. The van der Waals surface area contributed by atoms with Crippen molar-refractivity contribution in [1.82, 2.24) is 0 Å². The molecule has 0 aliphatic carbocycles. The van der Waals surface area contributed by atoms with Crippen molar-refractivity contribution >= 4 is 23.5 Å². The lowest BCUT2D eigenvalue weighted by Crippen LogP contribution is -2.32. The van der Waals surface area contributed by atoms with Crippen molar-refractivity contribution in [2.24, 2.45) is 11.5 Å². The Morgan fingerprint density at radius 2 is 2.10 bits per heavy atom. The molecule has 0 bridgehead atoms. The average Bonchev–Trinajstić information content (AvgIpc) is 2.36. The van der Waals surface area contributed by atoms with Gasteiger partial charge < -0.3 is 26.0 Å². The summed E-state index contributed by atoms with van der Waals surface area (Å²) in [4.78, 5) is 21.4. The zero-order valence-corrected chi connectivity index (χ0v) is 11.5. The van der Waals surface area contributed by atoms with Crippen LogP contribution in [0.15, 0.2) is 12.1 Å². The van der Waals surface area contributed by atoms with Gasteiger partial charge in [-0.1, -0.05) is 11.6 Å². The summed E-state index contributed by atoms with van der Waals surface area (Å²) < 4.78 is 10.2. The first-order valence-corrected chi connectivity index (χ1v) is 5.98. The van der Waals surface area contributed by atoms with Crippen molar-refractivity contribution in [3.05, 3.63) is 22.7 Å². The summed E-state index contributed by atoms with van der Waals surface area (Å²) in [6.45, 7) is -0.343. The van der Waals surface area contributed by atoms with Crippen LogP contribution in [0, 0.1) is 0 Å². The molecule has 0 aliphatic rings. The number of carbonyl (C=O) groups is 2. The molecule has 1 amide bonds. The van der Waals surface area contributed by atoms with E-state index in [4.69, 9.17) is 37.6 Å². The van der Waals surface area contributed by atoms with E-state index >= 15 is 0 Å². The van der Waals surface area contributed by atoms with E-state index in [1.807, 2.05) is 0 Å². The second kappa shape index (κ2) is 6.97. The van der Waals surface area contributed by atoms with Crippen LogP contribution >= 0.6 is 11.6 Å². The molecule has 0 fully saturated rings. The number of amides is 1. The fraction of sp³-hybridized carbons (Fsp3) is 0.333. The van der Waals surface area contributed by atoms with Gasteiger partial charge in [0.2, 0.25) is 0 Å². The number of halogens is 1. The number of carboxylic acid groups (broad SMARTS) is 1. The Bertz CT molecular complexity index is 521. The monoisotopic (exact) mass is 302 g/mol. The van der Waals surface area contributed by atoms with Gasteiger partial charge >= 0.3 is 5.97 Å². The molecule has 1 atom stereocenters. The molecule has 0 spiro atoms. The number of aliphatic carboxylic acids is 1. The molecule has 0 saturated heterocycles. The number of rotatable bonds is 7. The zero-order valence-electron chi connectivity index (χ0n) is 10.8. The number of hydrogen-bond donors (Lipinski definition) is 3. The van der Waals surface area contributed by atoms with Gasteiger partial charge in [0.25, 0.3) is 5.91 Å². The highest BCUT2D eigenvalue weighted by molar-refractivity contribution is 6.32. The molecule has 5 N–H and O–H groups in total. The predicted octanol–water partition coefficient (Wildman–Crippen LogP) is 0.167. The van der Waals surface area contributed by atoms with Crippen LogP contribution in [0.3, 0.4) is 0 Å². The molecule has 0 saturated carbocycles. The Balaban J connectivity index is 3.00. The maximum atomic E-state index is 10.7. The van der Waals surface area contributed by atoms with Gasteiger partial charge in [-0.05, 0) is 24.1 Å². The summed E-state index contributed by atoms with van der Waals surface area (Å²) in [5.41, 5.74) is 11.0. The van der Waals surface area contributed by atoms with Crippen LogP contribution in [0.5, 0.6) is 11.5 Å². The number of benzene rings is 1. The van der Waals surface area contributed by atoms with E-state index in [1.54, 1.807) is 6.07 Å². The number of nitrogens with two attached hydrogens (primary N) is 2. The van der Waals surface area contributed by atoms with Crippen LogP contribution in [0.4, 0.5) is 0 Å². The maximum Gasteiger partial charge on any atom is 0.320 e. The Morgan fingerprint density at radius 3 is 2.60 bits per heavy atom. The standard InChI is InChI=1S/C12H15ClN2O5/c1-19-9-4-6(3-8(14)12(17)18)2-7(13)11(9)20-5-10(15)16/h2,4,8H,3,5,14H2,1H3,(H2,15,16)(H,17,18). The first-order chi connectivity index (χ1) is 9.35. The molecule has 0 heterocycles. The highest BCUT2D eigenvalue weighted by atomic mass is 35.5. The van der Waals surface area contributed by atoms with Crippen LogP contribution in [0.2, 0.25) is 5.02 Å². The lowest BCUT2D eigenvalue weighted by Gasteiger charge is -2.14. The summed E-state index contributed by atoms with van der Waals surface area (Å²) in [6.07, 6.45) is 0.0848. The van der Waals surface area contributed by atoms with Gasteiger partial charge in [0, 0.05) is 0 Å². The van der Waals surface area contributed by atoms with Crippen LogP contribution in [0.25, 0.3) is 0 Å². The predicted molar refractivity (Wildman–Crippen MR) is 72.0 cm³/mol. The minimum Gasteiger partial charge on any atom is -0.493 e. The van der Waals surface area contributed by atoms with E-state index in [1.165, 1.54) is 13.2 Å². The van der Waals surface area contributed by atoms with Crippen molar-refractivity contribution in [3.63, 3.8) is 0 Å². The molecule has 0 aliphatic heterocycles. The molecule has 20 heavy (non-hydrogen) atoms. The number of ether oxygens (including phenoxy) is 2. The van der Waals surface area contributed by atoms with Gasteiger partial charge in [-0.2, -0.15) is 0 Å². The third-order valence-electron chi connectivity index (χ3n) is 2.42. The quantitative estimate of drug-likeness (QED) is 0.659. The largest absolute Gasteiger partial charge is 0.493 e. The summed E-state index contributed by atoms with van der Waals surface area (Å²) in [6, 6.07) is 2.00. The van der Waals surface area contributed by atoms with Crippen molar-refractivity contribution in [2.45, 2.75) is 12.5 Å². The fourth-order valence-corrected chi connectivity index (χ4v) is 1.80. The first kappa shape index (κ1) is 16.1. The molecule has 1 rings (SSSR count). The molecule has 1 unspecified atom stereocenters. The van der Waals surface area contributed by atoms with E-state index in [0.717, 1.165) is 0 Å². The number of methoxy groups -OCH3 is 1. The topological polar surface area (TPSA) is 125 Å². The van der Waals surface area contributed by atoms with Crippen LogP contribution in [-0.2, 0) is 16.0 Å². The molecular weight excluding hydrogens is 288 g/mol. The van der Waals surface area contributed by atoms with E-state index in [9.17, 15) is 9.59 Å². The Hall–Kier alpha value is -1.99. The van der Waals surface area contributed by atoms with Gasteiger partial charge in [0.15, 0.2) is 18.1 Å². The van der Waals surface area contributed by atoms with E-state index in [2.05, 4.69) is 0 Å². The van der Waals surface area contributed by atoms with Gasteiger partial charge in [-0.25, -0.2) is 0 Å². The minimum atomic E-state index is -1.12. The second-order valence-corrected chi connectivity index (χ2v) is 4.42. The minimum absolute atomic E-state index is 0.0848. The molecule has 0 aromatic heterocycles. The van der Waals surface area contributed by atoms with Crippen LogP contribution < -0.4 is 20.9 Å². The summed E-state index contributed by atoms with van der Waals surface area (Å²) in [7, 11) is 1.39. The molecule has 8 heteroatoms. The normalized spacial score (nSPS) is 11.8. The van der Waals surface area contributed by atoms with E-state index in [0.29, 0.717) is 5.56 Å². The number of primary amides is 1. The lowest BCUT2D eigenvalue weighted by atomic mass is 10.1. The Morgan fingerprint density at radius 1 is 1.45 bits per heavy atom. The third kappa shape index (κ3) is 4.29. The zero-order chi connectivity index (χ0) is 15.3. The highest BCUT2D eigenvalue weighted by Crippen LogP contribution is 2.36. The number of hydrogen-bond acceptors (Lipinski definition) is 5. The second-order valence-electron chi connectivity index (χ2n) is 4.01. The first-order valence-electron chi connectivity index (χ1n) is 5.61. The van der Waals surface area contributed by atoms with E-state index in [-0.39, 0.29) is 29.5 Å². The van der Waals surface area contributed by atoms with Gasteiger partial charge in [-0.3, -0.25) is 9.59 Å². The number of carboxylic acids is 1. The SMILES string of the molecule is COc1cc(CC(N)C(=O)O)cc(Cl)c1OCC(N)=O. The highest BCUT2D eigenvalue weighted by Gasteiger charge is 2.17. The van der Waals surface area contributed by atoms with Crippen molar-refractivity contribution in [1.29, 1.82) is 0 Å². The van der Waals surface area contributed by atoms with Gasteiger partial charge in [-0.15, -0.1) is 0 Å². The lowest BCUT2D eigenvalue weighted by molar-refractivity contribution is -0.138. The van der Waals surface area contributed by atoms with Crippen molar-refractivity contribution in [2.75, 3.05) is 13.7 Å². The molecule has 7 nitrogen and oxygen atoms in total. The molecule has 1 aromatic rings. The maximum absolute atomic E-state index is 10.7. The number of carbonyl (C=O) groups excluding carboxylic acids is 1. The average molecular weight is 303 g/mol. The smallest absolute Gasteiger partial charge is 0.320 e. The third-order valence-corrected chi connectivity index (χ3v) is 2.70. The Labute approximate surface area is 120 Å².